The van der Waals surface area contributed by atoms with Crippen molar-refractivity contribution >= 4 is 45.8 Å². The van der Waals surface area contributed by atoms with Gasteiger partial charge in [0, 0.05) is 21.1 Å². The lowest BCUT2D eigenvalue weighted by molar-refractivity contribution is -0.0295. The fourth-order valence-electron chi connectivity index (χ4n) is 4.32. The van der Waals surface area contributed by atoms with Crippen molar-refractivity contribution in [2.45, 2.75) is 19.4 Å². The van der Waals surface area contributed by atoms with Crippen LogP contribution in [-0.2, 0) is 11.3 Å². The van der Waals surface area contributed by atoms with Crippen LogP contribution < -0.4 is 10.4 Å². The molecule has 0 heterocycles. The topological polar surface area (TPSA) is 99.1 Å². The van der Waals surface area contributed by atoms with Gasteiger partial charge in [0.05, 0.1) is 17.9 Å². The van der Waals surface area contributed by atoms with E-state index >= 15 is 13.2 Å². The second-order valence-electron chi connectivity index (χ2n) is 9.73. The molecule has 0 bridgehead atoms. The summed E-state index contributed by atoms with van der Waals surface area (Å²) in [7, 11) is 0. The van der Waals surface area contributed by atoms with Crippen LogP contribution in [0.4, 0.5) is 37.7 Å². The van der Waals surface area contributed by atoms with Gasteiger partial charge in [-0.3, -0.25) is 19.3 Å². The number of aliphatic hydroxyl groups excluding tert-OH is 2. The Morgan fingerprint density at radius 3 is 2.18 bits per heavy atom. The van der Waals surface area contributed by atoms with Crippen LogP contribution >= 0.6 is 22.6 Å². The minimum absolute atomic E-state index is 0.138. The number of amides is 2. The maximum Gasteiger partial charge on any atom is 0.277 e. The fourth-order valence-corrected chi connectivity index (χ4v) is 4.77. The highest BCUT2D eigenvalue weighted by atomic mass is 127. The standard InChI is InChI=1S/C31H23F6IN2O5/c1-15-2-9-26(25(35)10-15)40(29-20(6-8-23(33)28(29)37)30(43)39-45-14-18(42)13-41)31(44)19-5-7-22(32)27(36)21(19)11-16-3-4-17(38)12-24(16)34/h2-10,12,18,41-42H,11,13-14H2,1H3,(H,39,43)/t18-/m1/s1. The summed E-state index contributed by atoms with van der Waals surface area (Å²) >= 11 is 1.83. The van der Waals surface area contributed by atoms with Crippen LogP contribution in [0.5, 0.6) is 0 Å². The molecule has 14 heteroatoms. The minimum Gasteiger partial charge on any atom is -0.394 e. The lowest BCUT2D eigenvalue weighted by Gasteiger charge is -2.27. The quantitative estimate of drug-likeness (QED) is 0.105. The van der Waals surface area contributed by atoms with E-state index in [1.807, 2.05) is 28.1 Å². The van der Waals surface area contributed by atoms with E-state index < -0.39 is 101 Å². The Morgan fingerprint density at radius 1 is 0.867 bits per heavy atom. The Labute approximate surface area is 266 Å². The number of aryl methyl sites for hydroxylation is 1. The summed E-state index contributed by atoms with van der Waals surface area (Å²) < 4.78 is 90.9. The first kappa shape index (κ1) is 33.9. The van der Waals surface area contributed by atoms with Gasteiger partial charge in [-0.15, -0.1) is 0 Å². The molecule has 1 atom stereocenters. The number of hydrogen-bond donors (Lipinski definition) is 3. The SMILES string of the molecule is Cc1ccc(N(C(=O)c2ccc(F)c(F)c2Cc2ccc(I)cc2F)c2c(C(=O)NOC[C@H](O)CO)ccc(F)c2F)c(F)c1. The zero-order valence-electron chi connectivity index (χ0n) is 23.2. The van der Waals surface area contributed by atoms with Crippen molar-refractivity contribution in [3.8, 4) is 0 Å². The van der Waals surface area contributed by atoms with Gasteiger partial charge < -0.3 is 10.2 Å². The van der Waals surface area contributed by atoms with Crippen LogP contribution in [0.2, 0.25) is 0 Å². The average Bonchev–Trinajstić information content (AvgIpc) is 2.99. The molecule has 0 fully saturated rings. The summed E-state index contributed by atoms with van der Waals surface area (Å²) in [5, 5.41) is 18.4. The number of hydroxylamine groups is 1. The Balaban J connectivity index is 1.93. The highest BCUT2D eigenvalue weighted by Gasteiger charge is 2.33. The van der Waals surface area contributed by atoms with Gasteiger partial charge in [-0.05, 0) is 89.2 Å². The summed E-state index contributed by atoms with van der Waals surface area (Å²) in [6, 6.07) is 9.91. The lowest BCUT2D eigenvalue weighted by atomic mass is 9.96. The number of carbonyl (C=O) groups excluding carboxylic acids is 2. The van der Waals surface area contributed by atoms with Gasteiger partial charge in [0.15, 0.2) is 23.3 Å². The van der Waals surface area contributed by atoms with Gasteiger partial charge in [0.2, 0.25) is 0 Å². The maximum absolute atomic E-state index is 15.7. The van der Waals surface area contributed by atoms with Crippen LogP contribution in [-0.4, -0.2) is 41.3 Å². The van der Waals surface area contributed by atoms with E-state index in [1.54, 1.807) is 0 Å². The normalized spacial score (nSPS) is 11.8. The molecule has 236 valence electrons. The van der Waals surface area contributed by atoms with E-state index in [9.17, 15) is 27.9 Å². The van der Waals surface area contributed by atoms with Crippen molar-refractivity contribution < 1.29 is 51.0 Å². The van der Waals surface area contributed by atoms with Crippen molar-refractivity contribution in [3.63, 3.8) is 0 Å². The molecule has 7 nitrogen and oxygen atoms in total. The summed E-state index contributed by atoms with van der Waals surface area (Å²) in [6.45, 7) is 0.148. The largest absolute Gasteiger partial charge is 0.394 e. The number of aliphatic hydroxyl groups is 2. The van der Waals surface area contributed by atoms with E-state index in [-0.39, 0.29) is 10.5 Å². The first-order chi connectivity index (χ1) is 21.3. The van der Waals surface area contributed by atoms with Crippen molar-refractivity contribution in [2.75, 3.05) is 18.1 Å². The van der Waals surface area contributed by atoms with Crippen molar-refractivity contribution in [1.82, 2.24) is 5.48 Å². The number of nitrogens with zero attached hydrogens (tertiary/aromatic N) is 1. The summed E-state index contributed by atoms with van der Waals surface area (Å²) in [6.07, 6.45) is -2.09. The summed E-state index contributed by atoms with van der Waals surface area (Å²) in [5.41, 5.74) is -1.87. The number of hydrogen-bond acceptors (Lipinski definition) is 5. The smallest absolute Gasteiger partial charge is 0.277 e. The maximum atomic E-state index is 15.7. The average molecular weight is 744 g/mol. The number of nitrogens with one attached hydrogen (secondary N) is 1. The van der Waals surface area contributed by atoms with Crippen LogP contribution in [0.1, 0.15) is 37.4 Å². The lowest BCUT2D eigenvalue weighted by Crippen LogP contribution is -2.34. The Kier molecular flexibility index (Phi) is 10.9. The molecule has 3 N–H and O–H groups in total. The second kappa shape index (κ2) is 14.4. The third kappa shape index (κ3) is 7.46. The fraction of sp³-hybridized carbons (Fsp3) is 0.161. The summed E-state index contributed by atoms with van der Waals surface area (Å²) in [4.78, 5) is 32.4. The first-order valence-corrected chi connectivity index (χ1v) is 14.1. The van der Waals surface area contributed by atoms with Gasteiger partial charge in [-0.1, -0.05) is 12.1 Å². The molecule has 0 aliphatic carbocycles. The highest BCUT2D eigenvalue weighted by molar-refractivity contribution is 14.1. The van der Waals surface area contributed by atoms with Crippen LogP contribution in [0.25, 0.3) is 0 Å². The number of benzene rings is 4. The third-order valence-electron chi connectivity index (χ3n) is 6.54. The monoisotopic (exact) mass is 744 g/mol. The van der Waals surface area contributed by atoms with Crippen molar-refractivity contribution in [3.05, 3.63) is 127 Å². The number of anilines is 2. The zero-order chi connectivity index (χ0) is 33.0. The Hall–Kier alpha value is -3.99. The van der Waals surface area contributed by atoms with E-state index in [4.69, 9.17) is 9.94 Å². The molecule has 4 aromatic rings. The second-order valence-corrected chi connectivity index (χ2v) is 11.0. The highest BCUT2D eigenvalue weighted by Crippen LogP contribution is 2.37. The van der Waals surface area contributed by atoms with E-state index in [2.05, 4.69) is 0 Å². The number of halogens is 7. The van der Waals surface area contributed by atoms with Gasteiger partial charge in [-0.2, -0.15) is 0 Å². The minimum atomic E-state index is -1.79. The van der Waals surface area contributed by atoms with Crippen LogP contribution in [0.3, 0.4) is 0 Å². The van der Waals surface area contributed by atoms with Crippen molar-refractivity contribution in [1.29, 1.82) is 0 Å². The molecule has 0 aromatic heterocycles. The predicted octanol–water partition coefficient (Wildman–Crippen LogP) is 6.02. The molecule has 2 amide bonds. The molecule has 0 saturated carbocycles. The van der Waals surface area contributed by atoms with E-state index in [1.165, 1.54) is 25.1 Å². The molecule has 0 aliphatic heterocycles. The molecule has 0 radical (unpaired) electrons. The molecular formula is C31H23F6IN2O5. The van der Waals surface area contributed by atoms with Crippen LogP contribution in [0, 0.1) is 45.4 Å². The Bertz CT molecular complexity index is 1770. The summed E-state index contributed by atoms with van der Waals surface area (Å²) in [5.74, 6) is -10.9. The molecule has 0 aliphatic rings. The number of rotatable bonds is 10. The molecular weight excluding hydrogens is 721 g/mol. The molecule has 0 spiro atoms. The number of carbonyl (C=O) groups is 2. The van der Waals surface area contributed by atoms with Gasteiger partial charge in [0.25, 0.3) is 11.8 Å². The zero-order valence-corrected chi connectivity index (χ0v) is 25.3. The molecule has 4 rings (SSSR count). The first-order valence-electron chi connectivity index (χ1n) is 13.0. The molecule has 0 saturated heterocycles. The van der Waals surface area contributed by atoms with Gasteiger partial charge >= 0.3 is 0 Å². The Morgan fingerprint density at radius 2 is 1.53 bits per heavy atom. The van der Waals surface area contributed by atoms with Gasteiger partial charge in [0.1, 0.15) is 30.0 Å². The molecule has 0 unspecified atom stereocenters. The van der Waals surface area contributed by atoms with E-state index in [0.717, 1.165) is 30.3 Å². The molecule has 4 aromatic carbocycles. The van der Waals surface area contributed by atoms with Crippen LogP contribution in [0.15, 0.2) is 60.7 Å². The predicted molar refractivity (Wildman–Crippen MR) is 159 cm³/mol. The third-order valence-corrected chi connectivity index (χ3v) is 7.22. The van der Waals surface area contributed by atoms with Crippen molar-refractivity contribution in [2.24, 2.45) is 0 Å². The molecule has 45 heavy (non-hydrogen) atoms. The van der Waals surface area contributed by atoms with E-state index in [0.29, 0.717) is 21.3 Å². The van der Waals surface area contributed by atoms with Gasteiger partial charge in [-0.25, -0.2) is 31.8 Å².